The third kappa shape index (κ3) is 4.60. The van der Waals surface area contributed by atoms with Crippen LogP contribution < -0.4 is 4.74 Å². The van der Waals surface area contributed by atoms with Crippen LogP contribution >= 0.6 is 11.8 Å². The first kappa shape index (κ1) is 19.0. The van der Waals surface area contributed by atoms with Crippen molar-refractivity contribution in [3.05, 3.63) is 29.8 Å². The molecule has 1 aliphatic heterocycles. The second kappa shape index (κ2) is 8.67. The molecule has 0 radical (unpaired) electrons. The summed E-state index contributed by atoms with van der Waals surface area (Å²) in [5.74, 6) is -2.71. The summed E-state index contributed by atoms with van der Waals surface area (Å²) in [6, 6.07) is 3.59. The van der Waals surface area contributed by atoms with Crippen LogP contribution in [0.15, 0.2) is 23.2 Å². The number of hydrogen-bond acceptors (Lipinski definition) is 5. The van der Waals surface area contributed by atoms with Crippen molar-refractivity contribution in [1.82, 2.24) is 9.80 Å². The lowest BCUT2D eigenvalue weighted by molar-refractivity contribution is -0.139. The smallest absolute Gasteiger partial charge is 0.263 e. The highest BCUT2D eigenvalue weighted by Gasteiger charge is 2.28. The molecule has 0 saturated carbocycles. The van der Waals surface area contributed by atoms with E-state index in [1.165, 1.54) is 30.8 Å². The van der Waals surface area contributed by atoms with E-state index in [1.54, 1.807) is 11.1 Å². The highest BCUT2D eigenvalue weighted by atomic mass is 32.2. The zero-order chi connectivity index (χ0) is 18.4. The van der Waals surface area contributed by atoms with Crippen LogP contribution in [-0.2, 0) is 4.79 Å². The lowest BCUT2D eigenvalue weighted by Gasteiger charge is -2.36. The molecule has 1 aliphatic rings. The molecule has 0 aromatic heterocycles. The SMILES string of the molecule is CSC(=NC#N)N1CCN(C(=O)C(C)Oc2cccc(F)c2F)CC1. The van der Waals surface area contributed by atoms with E-state index in [9.17, 15) is 13.6 Å². The van der Waals surface area contributed by atoms with Crippen LogP contribution in [0.25, 0.3) is 0 Å². The zero-order valence-corrected chi connectivity index (χ0v) is 14.7. The number of nitrogens with zero attached hydrogens (tertiary/aromatic N) is 4. The van der Waals surface area contributed by atoms with Crippen molar-refractivity contribution >= 4 is 22.8 Å². The fourth-order valence-corrected chi connectivity index (χ4v) is 3.05. The third-order valence-electron chi connectivity index (χ3n) is 3.76. The van der Waals surface area contributed by atoms with E-state index >= 15 is 0 Å². The monoisotopic (exact) mass is 368 g/mol. The molecular formula is C16H18F2N4O2S. The minimum Gasteiger partial charge on any atom is -0.478 e. The van der Waals surface area contributed by atoms with Crippen LogP contribution in [0.5, 0.6) is 5.75 Å². The Labute approximate surface area is 149 Å². The molecule has 1 fully saturated rings. The standard InChI is InChI=1S/C16H18F2N4O2S/c1-11(24-13-5-3-4-12(17)14(13)18)15(23)21-6-8-22(9-7-21)16(25-2)20-10-19/h3-5,11H,6-9H2,1-2H3. The van der Waals surface area contributed by atoms with Crippen LogP contribution in [0.2, 0.25) is 0 Å². The van der Waals surface area contributed by atoms with Gasteiger partial charge in [0.25, 0.3) is 5.91 Å². The summed E-state index contributed by atoms with van der Waals surface area (Å²) in [6.07, 6.45) is 2.66. The number of piperazine rings is 1. The summed E-state index contributed by atoms with van der Waals surface area (Å²) in [7, 11) is 0. The molecule has 1 saturated heterocycles. The number of carbonyl (C=O) groups excluding carboxylic acids is 1. The summed E-state index contributed by atoms with van der Waals surface area (Å²) >= 11 is 1.37. The van der Waals surface area contributed by atoms with Gasteiger partial charge in [-0.25, -0.2) is 4.39 Å². The number of nitriles is 1. The predicted molar refractivity (Wildman–Crippen MR) is 91.2 cm³/mol. The van der Waals surface area contributed by atoms with Gasteiger partial charge in [-0.1, -0.05) is 17.8 Å². The van der Waals surface area contributed by atoms with Crippen LogP contribution in [0.3, 0.4) is 0 Å². The fraction of sp³-hybridized carbons (Fsp3) is 0.438. The van der Waals surface area contributed by atoms with Gasteiger partial charge < -0.3 is 14.5 Å². The Hall–Kier alpha value is -2.34. The fourth-order valence-electron chi connectivity index (χ4n) is 2.48. The van der Waals surface area contributed by atoms with Crippen LogP contribution in [0.1, 0.15) is 6.92 Å². The van der Waals surface area contributed by atoms with E-state index in [2.05, 4.69) is 4.99 Å². The van der Waals surface area contributed by atoms with E-state index in [0.29, 0.717) is 31.3 Å². The lowest BCUT2D eigenvalue weighted by Crippen LogP contribution is -2.52. The van der Waals surface area contributed by atoms with Crippen molar-refractivity contribution in [3.8, 4) is 11.9 Å². The van der Waals surface area contributed by atoms with E-state index in [1.807, 2.05) is 11.2 Å². The average Bonchev–Trinajstić information content (AvgIpc) is 2.63. The van der Waals surface area contributed by atoms with Gasteiger partial charge in [0.2, 0.25) is 12.0 Å². The quantitative estimate of drug-likeness (QED) is 0.464. The molecule has 134 valence electrons. The van der Waals surface area contributed by atoms with Crippen molar-refractivity contribution in [1.29, 1.82) is 5.26 Å². The first-order valence-electron chi connectivity index (χ1n) is 7.63. The molecule has 2 rings (SSSR count). The Balaban J connectivity index is 1.95. The number of thioether (sulfide) groups is 1. The molecule has 1 aromatic carbocycles. The van der Waals surface area contributed by atoms with Crippen LogP contribution in [0, 0.1) is 23.1 Å². The van der Waals surface area contributed by atoms with E-state index < -0.39 is 17.7 Å². The molecular weight excluding hydrogens is 350 g/mol. The summed E-state index contributed by atoms with van der Waals surface area (Å²) in [5, 5.41) is 9.29. The van der Waals surface area contributed by atoms with Gasteiger partial charge >= 0.3 is 0 Å². The largest absolute Gasteiger partial charge is 0.478 e. The van der Waals surface area contributed by atoms with Gasteiger partial charge in [0.15, 0.2) is 22.8 Å². The molecule has 1 unspecified atom stereocenters. The molecule has 6 nitrogen and oxygen atoms in total. The van der Waals surface area contributed by atoms with E-state index in [0.717, 1.165) is 6.07 Å². The molecule has 1 aromatic rings. The lowest BCUT2D eigenvalue weighted by atomic mass is 10.2. The second-order valence-electron chi connectivity index (χ2n) is 5.32. The predicted octanol–water partition coefficient (Wildman–Crippen LogP) is 2.08. The van der Waals surface area contributed by atoms with Crippen molar-refractivity contribution < 1.29 is 18.3 Å². The molecule has 0 N–H and O–H groups in total. The Morgan fingerprint density at radius 2 is 1.96 bits per heavy atom. The Bertz CT molecular complexity index is 700. The van der Waals surface area contributed by atoms with Crippen molar-refractivity contribution in [2.24, 2.45) is 4.99 Å². The maximum absolute atomic E-state index is 13.6. The van der Waals surface area contributed by atoms with Crippen molar-refractivity contribution in [3.63, 3.8) is 0 Å². The first-order chi connectivity index (χ1) is 12.0. The second-order valence-corrected chi connectivity index (χ2v) is 6.10. The molecule has 1 heterocycles. The number of hydrogen-bond donors (Lipinski definition) is 0. The van der Waals surface area contributed by atoms with Gasteiger partial charge in [-0.15, -0.1) is 4.99 Å². The Morgan fingerprint density at radius 1 is 1.32 bits per heavy atom. The topological polar surface area (TPSA) is 68.9 Å². The van der Waals surface area contributed by atoms with Gasteiger partial charge in [-0.05, 0) is 25.3 Å². The molecule has 0 aliphatic carbocycles. The average molecular weight is 368 g/mol. The molecule has 0 spiro atoms. The summed E-state index contributed by atoms with van der Waals surface area (Å²) in [5.41, 5.74) is 0. The first-order valence-corrected chi connectivity index (χ1v) is 8.85. The summed E-state index contributed by atoms with van der Waals surface area (Å²) < 4.78 is 32.1. The van der Waals surface area contributed by atoms with Crippen molar-refractivity contribution in [2.45, 2.75) is 13.0 Å². The number of benzene rings is 1. The highest BCUT2D eigenvalue weighted by molar-refractivity contribution is 8.13. The number of carbonyl (C=O) groups is 1. The minimum absolute atomic E-state index is 0.287. The van der Waals surface area contributed by atoms with Crippen LogP contribution in [0.4, 0.5) is 8.78 Å². The van der Waals surface area contributed by atoms with Gasteiger partial charge in [-0.3, -0.25) is 4.79 Å². The van der Waals surface area contributed by atoms with Gasteiger partial charge in [-0.2, -0.15) is 9.65 Å². The normalized spacial score (nSPS) is 16.4. The van der Waals surface area contributed by atoms with Gasteiger partial charge in [0.05, 0.1) is 0 Å². The number of aliphatic imine (C=N–C) groups is 1. The highest BCUT2D eigenvalue weighted by Crippen LogP contribution is 2.21. The maximum Gasteiger partial charge on any atom is 0.263 e. The minimum atomic E-state index is -1.11. The number of rotatable bonds is 3. The summed E-state index contributed by atoms with van der Waals surface area (Å²) in [4.78, 5) is 19.7. The van der Waals surface area contributed by atoms with E-state index in [4.69, 9.17) is 10.00 Å². The number of amides is 1. The molecule has 25 heavy (non-hydrogen) atoms. The molecule has 9 heteroatoms. The molecule has 1 amide bonds. The van der Waals surface area contributed by atoms with Crippen LogP contribution in [-0.4, -0.2) is 59.4 Å². The Kier molecular flexibility index (Phi) is 6.58. The number of ether oxygens (including phenoxy) is 1. The van der Waals surface area contributed by atoms with Gasteiger partial charge in [0.1, 0.15) is 0 Å². The number of amidine groups is 1. The van der Waals surface area contributed by atoms with E-state index in [-0.39, 0.29) is 11.7 Å². The summed E-state index contributed by atoms with van der Waals surface area (Å²) in [6.45, 7) is 3.44. The van der Waals surface area contributed by atoms with Gasteiger partial charge in [0, 0.05) is 26.2 Å². The van der Waals surface area contributed by atoms with Crippen molar-refractivity contribution in [2.75, 3.05) is 32.4 Å². The molecule has 0 bridgehead atoms. The number of halogens is 2. The Morgan fingerprint density at radius 3 is 2.56 bits per heavy atom. The third-order valence-corrected chi connectivity index (χ3v) is 4.47. The molecule has 1 atom stereocenters. The zero-order valence-electron chi connectivity index (χ0n) is 13.9. The maximum atomic E-state index is 13.6.